The van der Waals surface area contributed by atoms with Crippen molar-refractivity contribution in [3.8, 4) is 16.3 Å². The molecule has 3 rings (SSSR count). The summed E-state index contributed by atoms with van der Waals surface area (Å²) in [5.41, 5.74) is 1.02. The Labute approximate surface area is 145 Å². The van der Waals surface area contributed by atoms with Gasteiger partial charge in [0.2, 0.25) is 0 Å². The van der Waals surface area contributed by atoms with Gasteiger partial charge in [-0.2, -0.15) is 0 Å². The zero-order valence-electron chi connectivity index (χ0n) is 13.7. The molecule has 0 radical (unpaired) electrons. The number of carboxylic acids is 1. The molecule has 0 spiro atoms. The molecule has 0 bridgehead atoms. The molecule has 1 aromatic carbocycles. The van der Waals surface area contributed by atoms with Crippen molar-refractivity contribution in [1.29, 1.82) is 0 Å². The van der Waals surface area contributed by atoms with Crippen LogP contribution in [0.2, 0.25) is 0 Å². The van der Waals surface area contributed by atoms with Gasteiger partial charge in [-0.25, -0.2) is 9.78 Å². The Bertz CT molecular complexity index is 707. The van der Waals surface area contributed by atoms with Crippen LogP contribution < -0.4 is 4.74 Å². The normalized spacial score (nSPS) is 15.4. The Kier molecular flexibility index (Phi) is 5.48. The van der Waals surface area contributed by atoms with Gasteiger partial charge in [-0.15, -0.1) is 11.3 Å². The average Bonchev–Trinajstić information content (AvgIpc) is 3.10. The van der Waals surface area contributed by atoms with Crippen LogP contribution in [0.15, 0.2) is 24.4 Å². The van der Waals surface area contributed by atoms with E-state index in [-0.39, 0.29) is 5.56 Å². The number of benzene rings is 1. The van der Waals surface area contributed by atoms with Crippen molar-refractivity contribution in [1.82, 2.24) is 4.98 Å². The molecule has 1 N–H and O–H groups in total. The molecule has 128 valence electrons. The van der Waals surface area contributed by atoms with Crippen LogP contribution in [0.3, 0.4) is 0 Å². The van der Waals surface area contributed by atoms with Crippen molar-refractivity contribution < 1.29 is 19.4 Å². The SMILES string of the molecule is CCc1cnc(-c2cc(OCC3CCOCC3)cc(C(=O)O)c2)s1. The topological polar surface area (TPSA) is 68.7 Å². The Hall–Kier alpha value is -1.92. The summed E-state index contributed by atoms with van der Waals surface area (Å²) < 4.78 is 11.2. The number of aromatic carboxylic acids is 1. The van der Waals surface area contributed by atoms with Crippen molar-refractivity contribution in [2.24, 2.45) is 5.92 Å². The van der Waals surface area contributed by atoms with Crippen molar-refractivity contribution in [3.05, 3.63) is 34.8 Å². The first-order chi connectivity index (χ1) is 11.7. The summed E-state index contributed by atoms with van der Waals surface area (Å²) in [7, 11) is 0. The number of aryl methyl sites for hydroxylation is 1. The molecule has 1 aliphatic heterocycles. The standard InChI is InChI=1S/C18H21NO4S/c1-2-16-10-19-17(24-16)13-7-14(18(20)21)9-15(8-13)23-11-12-3-5-22-6-4-12/h7-10,12H,2-6,11H2,1H3,(H,20,21). The molecule has 1 fully saturated rings. The van der Waals surface area contributed by atoms with E-state index in [1.807, 2.05) is 12.3 Å². The summed E-state index contributed by atoms with van der Waals surface area (Å²) in [6.07, 6.45) is 4.73. The number of thiazole rings is 1. The highest BCUT2D eigenvalue weighted by molar-refractivity contribution is 7.15. The lowest BCUT2D eigenvalue weighted by molar-refractivity contribution is 0.0497. The Morgan fingerprint density at radius 3 is 2.83 bits per heavy atom. The number of rotatable bonds is 6. The Balaban J connectivity index is 1.81. The van der Waals surface area contributed by atoms with Crippen molar-refractivity contribution in [3.63, 3.8) is 0 Å². The predicted octanol–water partition coefficient (Wildman–Crippen LogP) is 3.88. The monoisotopic (exact) mass is 347 g/mol. The van der Waals surface area contributed by atoms with Gasteiger partial charge in [-0.3, -0.25) is 0 Å². The van der Waals surface area contributed by atoms with Gasteiger partial charge in [0.1, 0.15) is 10.8 Å². The molecule has 1 aromatic heterocycles. The number of aromatic nitrogens is 1. The van der Waals surface area contributed by atoms with Crippen LogP contribution in [0.1, 0.15) is 35.0 Å². The van der Waals surface area contributed by atoms with Crippen LogP contribution in [0.4, 0.5) is 0 Å². The fraction of sp³-hybridized carbons (Fsp3) is 0.444. The van der Waals surface area contributed by atoms with E-state index in [9.17, 15) is 9.90 Å². The predicted molar refractivity (Wildman–Crippen MR) is 92.9 cm³/mol. The highest BCUT2D eigenvalue weighted by Gasteiger charge is 2.16. The maximum atomic E-state index is 11.4. The van der Waals surface area contributed by atoms with Gasteiger partial charge in [-0.1, -0.05) is 6.92 Å². The van der Waals surface area contributed by atoms with Crippen LogP contribution in [0.5, 0.6) is 5.75 Å². The highest BCUT2D eigenvalue weighted by atomic mass is 32.1. The molecule has 0 atom stereocenters. The molecular formula is C18H21NO4S. The fourth-order valence-corrected chi connectivity index (χ4v) is 3.50. The lowest BCUT2D eigenvalue weighted by atomic mass is 10.0. The van der Waals surface area contributed by atoms with Crippen molar-refractivity contribution in [2.45, 2.75) is 26.2 Å². The Morgan fingerprint density at radius 2 is 2.17 bits per heavy atom. The van der Waals surface area contributed by atoms with Crippen LogP contribution in [0.25, 0.3) is 10.6 Å². The van der Waals surface area contributed by atoms with Gasteiger partial charge >= 0.3 is 5.97 Å². The number of carbonyl (C=O) groups is 1. The molecule has 0 aliphatic carbocycles. The Morgan fingerprint density at radius 1 is 1.38 bits per heavy atom. The molecule has 2 heterocycles. The van der Waals surface area contributed by atoms with Gasteiger partial charge in [-0.05, 0) is 43.4 Å². The fourth-order valence-electron chi connectivity index (χ4n) is 2.66. The minimum Gasteiger partial charge on any atom is -0.493 e. The van der Waals surface area contributed by atoms with Crippen molar-refractivity contribution >= 4 is 17.3 Å². The molecule has 1 saturated heterocycles. The summed E-state index contributed by atoms with van der Waals surface area (Å²) in [6.45, 7) is 4.21. The molecule has 2 aromatic rings. The molecular weight excluding hydrogens is 326 g/mol. The van der Waals surface area contributed by atoms with E-state index in [0.717, 1.165) is 43.0 Å². The lowest BCUT2D eigenvalue weighted by Crippen LogP contribution is -2.21. The first kappa shape index (κ1) is 16.9. The molecule has 24 heavy (non-hydrogen) atoms. The average molecular weight is 347 g/mol. The minimum atomic E-state index is -0.958. The number of hydrogen-bond acceptors (Lipinski definition) is 5. The highest BCUT2D eigenvalue weighted by Crippen LogP contribution is 2.30. The van der Waals surface area contributed by atoms with E-state index >= 15 is 0 Å². The number of carboxylic acid groups (broad SMARTS) is 1. The summed E-state index contributed by atoms with van der Waals surface area (Å²) in [6, 6.07) is 5.12. The second-order valence-electron chi connectivity index (χ2n) is 5.90. The van der Waals surface area contributed by atoms with Crippen LogP contribution in [-0.4, -0.2) is 35.9 Å². The second kappa shape index (κ2) is 7.77. The summed E-state index contributed by atoms with van der Waals surface area (Å²) in [5, 5.41) is 10.2. The lowest BCUT2D eigenvalue weighted by Gasteiger charge is -2.22. The third-order valence-electron chi connectivity index (χ3n) is 4.13. The van der Waals surface area contributed by atoms with E-state index in [1.165, 1.54) is 4.88 Å². The summed E-state index contributed by atoms with van der Waals surface area (Å²) >= 11 is 1.59. The van der Waals surface area contributed by atoms with E-state index in [0.29, 0.717) is 18.3 Å². The first-order valence-electron chi connectivity index (χ1n) is 8.19. The first-order valence-corrected chi connectivity index (χ1v) is 9.01. The molecule has 1 aliphatic rings. The van der Waals surface area contributed by atoms with Gasteiger partial charge in [0, 0.05) is 29.9 Å². The quantitative estimate of drug-likeness (QED) is 0.859. The van der Waals surface area contributed by atoms with Crippen LogP contribution in [-0.2, 0) is 11.2 Å². The smallest absolute Gasteiger partial charge is 0.335 e. The maximum absolute atomic E-state index is 11.4. The number of nitrogens with zero attached hydrogens (tertiary/aromatic N) is 1. The molecule has 0 unspecified atom stereocenters. The van der Waals surface area contributed by atoms with Gasteiger partial charge in [0.15, 0.2) is 0 Å². The maximum Gasteiger partial charge on any atom is 0.335 e. The molecule has 6 heteroatoms. The van der Waals surface area contributed by atoms with E-state index in [4.69, 9.17) is 9.47 Å². The zero-order chi connectivity index (χ0) is 16.9. The van der Waals surface area contributed by atoms with Crippen molar-refractivity contribution in [2.75, 3.05) is 19.8 Å². The number of hydrogen-bond donors (Lipinski definition) is 1. The zero-order valence-corrected chi connectivity index (χ0v) is 14.5. The largest absolute Gasteiger partial charge is 0.493 e. The summed E-state index contributed by atoms with van der Waals surface area (Å²) in [4.78, 5) is 17.0. The van der Waals surface area contributed by atoms with Gasteiger partial charge < -0.3 is 14.6 Å². The van der Waals surface area contributed by atoms with E-state index in [1.54, 1.807) is 23.5 Å². The van der Waals surface area contributed by atoms with Crippen LogP contribution in [0, 0.1) is 5.92 Å². The van der Waals surface area contributed by atoms with E-state index < -0.39 is 5.97 Å². The number of ether oxygens (including phenoxy) is 2. The third kappa shape index (κ3) is 4.13. The third-order valence-corrected chi connectivity index (χ3v) is 5.32. The van der Waals surface area contributed by atoms with E-state index in [2.05, 4.69) is 11.9 Å². The van der Waals surface area contributed by atoms with Gasteiger partial charge in [0.25, 0.3) is 0 Å². The second-order valence-corrected chi connectivity index (χ2v) is 7.02. The van der Waals surface area contributed by atoms with Gasteiger partial charge in [0.05, 0.1) is 12.2 Å². The summed E-state index contributed by atoms with van der Waals surface area (Å²) in [5.74, 6) is 0.0897. The molecule has 0 saturated carbocycles. The minimum absolute atomic E-state index is 0.225. The van der Waals surface area contributed by atoms with Crippen LogP contribution >= 0.6 is 11.3 Å². The molecule has 5 nitrogen and oxygen atoms in total. The molecule has 0 amide bonds.